The van der Waals surface area contributed by atoms with Crippen molar-refractivity contribution in [2.75, 3.05) is 12.3 Å². The highest BCUT2D eigenvalue weighted by Crippen LogP contribution is 2.25. The van der Waals surface area contributed by atoms with Crippen LogP contribution in [0.5, 0.6) is 0 Å². The maximum absolute atomic E-state index is 13.7. The van der Waals surface area contributed by atoms with E-state index in [0.29, 0.717) is 41.2 Å². The van der Waals surface area contributed by atoms with Gasteiger partial charge in [0.2, 0.25) is 11.8 Å². The van der Waals surface area contributed by atoms with Gasteiger partial charge in [-0.05, 0) is 41.7 Å². The number of nitrogens with one attached hydrogen (secondary N) is 1. The summed E-state index contributed by atoms with van der Waals surface area (Å²) in [6.07, 6.45) is 0.440. The van der Waals surface area contributed by atoms with Crippen molar-refractivity contribution in [2.24, 2.45) is 5.92 Å². The van der Waals surface area contributed by atoms with Gasteiger partial charge < -0.3 is 10.2 Å². The van der Waals surface area contributed by atoms with E-state index in [2.05, 4.69) is 25.2 Å². The molecule has 1 N–H and O–H groups in total. The standard InChI is InChI=1S/C30H34Cl2N2O2S/c1-21(2)17-33-30(36)28(15-23-9-5-4-6-10-23)34(18-24-11-7-8-22(3)14-24)29(35)20-37-19-25-12-13-26(31)16-27(25)32/h4-14,16,21,28H,15,17-20H2,1-3H3,(H,33,36)/t28-/m0/s1. The smallest absolute Gasteiger partial charge is 0.243 e. The van der Waals surface area contributed by atoms with Crippen LogP contribution in [0.15, 0.2) is 72.8 Å². The number of nitrogens with zero attached hydrogens (tertiary/aromatic N) is 1. The Labute approximate surface area is 234 Å². The minimum Gasteiger partial charge on any atom is -0.354 e. The van der Waals surface area contributed by atoms with Gasteiger partial charge in [0, 0.05) is 35.3 Å². The van der Waals surface area contributed by atoms with Crippen molar-refractivity contribution in [1.82, 2.24) is 10.2 Å². The molecule has 0 bridgehead atoms. The Morgan fingerprint density at radius 2 is 1.68 bits per heavy atom. The number of rotatable bonds is 12. The molecule has 0 spiro atoms. The monoisotopic (exact) mass is 556 g/mol. The van der Waals surface area contributed by atoms with E-state index in [1.54, 1.807) is 17.0 Å². The molecule has 3 aromatic rings. The summed E-state index contributed by atoms with van der Waals surface area (Å²) < 4.78 is 0. The number of halogens is 2. The molecule has 0 fully saturated rings. The molecule has 0 unspecified atom stereocenters. The van der Waals surface area contributed by atoms with Crippen LogP contribution in [0.1, 0.15) is 36.1 Å². The molecule has 1 atom stereocenters. The highest BCUT2D eigenvalue weighted by molar-refractivity contribution is 7.99. The summed E-state index contributed by atoms with van der Waals surface area (Å²) in [6.45, 7) is 7.05. The van der Waals surface area contributed by atoms with Crippen LogP contribution >= 0.6 is 35.0 Å². The normalized spacial score (nSPS) is 11.8. The van der Waals surface area contributed by atoms with Crippen molar-refractivity contribution in [1.29, 1.82) is 0 Å². The maximum Gasteiger partial charge on any atom is 0.243 e. The molecule has 0 aliphatic carbocycles. The molecule has 0 radical (unpaired) electrons. The van der Waals surface area contributed by atoms with Gasteiger partial charge in [-0.25, -0.2) is 0 Å². The molecule has 2 amide bonds. The predicted octanol–water partition coefficient (Wildman–Crippen LogP) is 6.95. The van der Waals surface area contributed by atoms with Crippen LogP contribution in [-0.2, 0) is 28.3 Å². The zero-order valence-electron chi connectivity index (χ0n) is 21.5. The van der Waals surface area contributed by atoms with E-state index in [9.17, 15) is 9.59 Å². The van der Waals surface area contributed by atoms with Gasteiger partial charge in [-0.1, -0.05) is 103 Å². The van der Waals surface area contributed by atoms with Crippen LogP contribution < -0.4 is 5.32 Å². The molecule has 37 heavy (non-hydrogen) atoms. The summed E-state index contributed by atoms with van der Waals surface area (Å²) in [4.78, 5) is 28.9. The van der Waals surface area contributed by atoms with Crippen molar-refractivity contribution >= 4 is 46.8 Å². The molecule has 0 saturated carbocycles. The Morgan fingerprint density at radius 3 is 2.35 bits per heavy atom. The molecule has 0 aliphatic heterocycles. The third-order valence-corrected chi connectivity index (χ3v) is 7.44. The van der Waals surface area contributed by atoms with Crippen molar-refractivity contribution in [3.8, 4) is 0 Å². The number of amides is 2. The van der Waals surface area contributed by atoms with Crippen molar-refractivity contribution < 1.29 is 9.59 Å². The second-order valence-corrected chi connectivity index (χ2v) is 11.4. The van der Waals surface area contributed by atoms with Gasteiger partial charge in [-0.3, -0.25) is 9.59 Å². The number of hydrogen-bond donors (Lipinski definition) is 1. The molecule has 3 rings (SSSR count). The molecule has 196 valence electrons. The topological polar surface area (TPSA) is 49.4 Å². The zero-order valence-corrected chi connectivity index (χ0v) is 23.9. The van der Waals surface area contributed by atoms with Crippen LogP contribution in [0.4, 0.5) is 0 Å². The third kappa shape index (κ3) is 9.41. The molecule has 0 aliphatic rings. The Balaban J connectivity index is 1.85. The van der Waals surface area contributed by atoms with Gasteiger partial charge in [0.15, 0.2) is 0 Å². The molecule has 3 aromatic carbocycles. The molecular formula is C30H34Cl2N2O2S. The van der Waals surface area contributed by atoms with Crippen LogP contribution in [0.3, 0.4) is 0 Å². The van der Waals surface area contributed by atoms with Crippen LogP contribution in [0.2, 0.25) is 10.0 Å². The Morgan fingerprint density at radius 1 is 0.946 bits per heavy atom. The van der Waals surface area contributed by atoms with E-state index in [-0.39, 0.29) is 17.6 Å². The number of carbonyl (C=O) groups is 2. The average molecular weight is 558 g/mol. The lowest BCUT2D eigenvalue weighted by Gasteiger charge is -2.32. The number of aryl methyl sites for hydroxylation is 1. The largest absolute Gasteiger partial charge is 0.354 e. The second-order valence-electron chi connectivity index (χ2n) is 9.58. The maximum atomic E-state index is 13.7. The fourth-order valence-electron chi connectivity index (χ4n) is 3.95. The predicted molar refractivity (Wildman–Crippen MR) is 156 cm³/mol. The Bertz CT molecular complexity index is 1190. The number of thioether (sulfide) groups is 1. The first-order valence-corrected chi connectivity index (χ1v) is 14.3. The van der Waals surface area contributed by atoms with E-state index in [4.69, 9.17) is 23.2 Å². The van der Waals surface area contributed by atoms with E-state index in [1.807, 2.05) is 61.5 Å². The van der Waals surface area contributed by atoms with Gasteiger partial charge in [0.25, 0.3) is 0 Å². The van der Waals surface area contributed by atoms with Gasteiger partial charge in [-0.15, -0.1) is 11.8 Å². The summed E-state index contributed by atoms with van der Waals surface area (Å²) in [5.41, 5.74) is 4.04. The SMILES string of the molecule is Cc1cccc(CN(C(=O)CSCc2ccc(Cl)cc2Cl)[C@@H](Cc2ccccc2)C(=O)NCC(C)C)c1. The lowest BCUT2D eigenvalue weighted by Crippen LogP contribution is -2.51. The van der Waals surface area contributed by atoms with Crippen molar-refractivity contribution in [2.45, 2.75) is 45.5 Å². The minimum absolute atomic E-state index is 0.0859. The minimum atomic E-state index is -0.631. The van der Waals surface area contributed by atoms with Gasteiger partial charge >= 0.3 is 0 Å². The molecule has 7 heteroatoms. The van der Waals surface area contributed by atoms with E-state index < -0.39 is 6.04 Å². The number of hydrogen-bond acceptors (Lipinski definition) is 3. The molecule has 0 heterocycles. The van der Waals surface area contributed by atoms with Crippen LogP contribution in [0, 0.1) is 12.8 Å². The lowest BCUT2D eigenvalue weighted by atomic mass is 10.0. The molecular weight excluding hydrogens is 523 g/mol. The number of carbonyl (C=O) groups excluding carboxylic acids is 2. The van der Waals surface area contributed by atoms with Crippen LogP contribution in [0.25, 0.3) is 0 Å². The van der Waals surface area contributed by atoms with Gasteiger partial charge in [0.05, 0.1) is 5.75 Å². The summed E-state index contributed by atoms with van der Waals surface area (Å²) in [7, 11) is 0. The van der Waals surface area contributed by atoms with E-state index in [1.165, 1.54) is 11.8 Å². The van der Waals surface area contributed by atoms with Crippen molar-refractivity contribution in [3.63, 3.8) is 0 Å². The van der Waals surface area contributed by atoms with Crippen molar-refractivity contribution in [3.05, 3.63) is 105 Å². The summed E-state index contributed by atoms with van der Waals surface area (Å²) in [5.74, 6) is 0.889. The first-order chi connectivity index (χ1) is 17.7. The number of benzene rings is 3. The van der Waals surface area contributed by atoms with Crippen LogP contribution in [-0.4, -0.2) is 35.1 Å². The molecule has 0 aromatic heterocycles. The quantitative estimate of drug-likeness (QED) is 0.262. The summed E-state index contributed by atoms with van der Waals surface area (Å²) in [6, 6.07) is 22.7. The summed E-state index contributed by atoms with van der Waals surface area (Å²) in [5, 5.41) is 4.22. The Kier molecular flexibility index (Phi) is 11.4. The molecule has 0 saturated heterocycles. The van der Waals surface area contributed by atoms with Gasteiger partial charge in [-0.2, -0.15) is 0 Å². The summed E-state index contributed by atoms with van der Waals surface area (Å²) >= 11 is 13.8. The lowest BCUT2D eigenvalue weighted by molar-refractivity contribution is -0.139. The van der Waals surface area contributed by atoms with Gasteiger partial charge in [0.1, 0.15) is 6.04 Å². The fraction of sp³-hybridized carbons (Fsp3) is 0.333. The fourth-order valence-corrected chi connectivity index (χ4v) is 5.42. The zero-order chi connectivity index (χ0) is 26.8. The molecule has 4 nitrogen and oxygen atoms in total. The highest BCUT2D eigenvalue weighted by atomic mass is 35.5. The first kappa shape index (κ1) is 29.1. The highest BCUT2D eigenvalue weighted by Gasteiger charge is 2.30. The van der Waals surface area contributed by atoms with E-state index >= 15 is 0 Å². The third-order valence-electron chi connectivity index (χ3n) is 5.89. The first-order valence-electron chi connectivity index (χ1n) is 12.4. The second kappa shape index (κ2) is 14.5. The Hall–Kier alpha value is -2.47. The average Bonchev–Trinajstić information content (AvgIpc) is 2.86. The van der Waals surface area contributed by atoms with E-state index in [0.717, 1.165) is 22.3 Å².